The largest absolute Gasteiger partial charge is 0.487 e. The number of anilines is 1. The minimum absolute atomic E-state index is 0.00395. The van der Waals surface area contributed by atoms with Crippen molar-refractivity contribution in [3.8, 4) is 5.75 Å². The first-order valence-corrected chi connectivity index (χ1v) is 15.9. The molecule has 2 aliphatic heterocycles. The van der Waals surface area contributed by atoms with Gasteiger partial charge in [0.25, 0.3) is 5.91 Å². The van der Waals surface area contributed by atoms with Crippen LogP contribution in [-0.4, -0.2) is 68.8 Å². The van der Waals surface area contributed by atoms with Gasteiger partial charge in [0.05, 0.1) is 25.3 Å². The molecule has 1 fully saturated rings. The number of hydrogen-bond acceptors (Lipinski definition) is 7. The summed E-state index contributed by atoms with van der Waals surface area (Å²) in [4.78, 5) is 35.5. The van der Waals surface area contributed by atoms with E-state index in [1.807, 2.05) is 24.3 Å². The summed E-state index contributed by atoms with van der Waals surface area (Å²) in [7, 11) is 4.74. The number of nitrogens with zero attached hydrogens (tertiary/aromatic N) is 2. The molecular formula is C34H44ClN3O6. The Kier molecular flexibility index (Phi) is 10.5. The Labute approximate surface area is 265 Å². The van der Waals surface area contributed by atoms with Crippen LogP contribution in [0.15, 0.2) is 48.6 Å². The van der Waals surface area contributed by atoms with E-state index in [2.05, 4.69) is 22.5 Å². The predicted molar refractivity (Wildman–Crippen MR) is 169 cm³/mol. The Morgan fingerprint density at radius 1 is 1.11 bits per heavy atom. The zero-order chi connectivity index (χ0) is 31.3. The number of fused-ring (bicyclic) bond motifs is 3. The van der Waals surface area contributed by atoms with Crippen molar-refractivity contribution in [2.24, 2.45) is 11.8 Å². The van der Waals surface area contributed by atoms with Crippen molar-refractivity contribution in [2.45, 2.75) is 63.3 Å². The minimum atomic E-state index is -2.16. The topological polar surface area (TPSA) is 101 Å². The third kappa shape index (κ3) is 7.07. The molecule has 2 aromatic carbocycles. The highest BCUT2D eigenvalue weighted by molar-refractivity contribution is 6.30. The van der Waals surface area contributed by atoms with Gasteiger partial charge in [-0.3, -0.25) is 14.4 Å². The highest BCUT2D eigenvalue weighted by Crippen LogP contribution is 2.42. The molecule has 2 heterocycles. The lowest BCUT2D eigenvalue weighted by atomic mass is 9.70. The number of benzene rings is 2. The lowest BCUT2D eigenvalue weighted by molar-refractivity contribution is -0.158. The molecule has 0 radical (unpaired) electrons. The second-order valence-corrected chi connectivity index (χ2v) is 12.6. The van der Waals surface area contributed by atoms with Gasteiger partial charge < -0.3 is 24.4 Å². The van der Waals surface area contributed by atoms with Gasteiger partial charge in [-0.1, -0.05) is 35.9 Å². The van der Waals surface area contributed by atoms with Crippen molar-refractivity contribution in [2.75, 3.05) is 45.8 Å². The van der Waals surface area contributed by atoms with Crippen LogP contribution in [0.2, 0.25) is 5.02 Å². The summed E-state index contributed by atoms with van der Waals surface area (Å²) in [5, 5.41) is 12.7. The SMILES string of the molecule is CONC(=O)C1(O)CC(=O)N(C)CC/C=C/[C@H](OC)[C@@H]2CC[C@H]2CN2CCCCc3cc(Cl)ccc3COc3ccc1cc32. The smallest absolute Gasteiger partial charge is 0.280 e. The van der Waals surface area contributed by atoms with Crippen molar-refractivity contribution >= 4 is 29.1 Å². The molecule has 2 N–H and O–H groups in total. The summed E-state index contributed by atoms with van der Waals surface area (Å²) < 4.78 is 12.4. The van der Waals surface area contributed by atoms with Gasteiger partial charge >= 0.3 is 0 Å². The molecule has 3 aliphatic rings. The van der Waals surface area contributed by atoms with Gasteiger partial charge in [0.1, 0.15) is 12.4 Å². The second kappa shape index (κ2) is 14.3. The maximum absolute atomic E-state index is 13.4. The lowest BCUT2D eigenvalue weighted by Gasteiger charge is -2.43. The fourth-order valence-corrected chi connectivity index (χ4v) is 6.79. The molecule has 2 aromatic rings. The molecule has 2 bridgehead atoms. The molecule has 0 spiro atoms. The number of hydroxylamine groups is 1. The number of hydrogen-bond donors (Lipinski definition) is 2. The highest BCUT2D eigenvalue weighted by Gasteiger charge is 2.43. The molecule has 1 aliphatic carbocycles. The van der Waals surface area contributed by atoms with Gasteiger partial charge in [-0.15, -0.1) is 0 Å². The van der Waals surface area contributed by atoms with Crippen molar-refractivity contribution in [3.05, 3.63) is 70.3 Å². The number of amides is 2. The summed E-state index contributed by atoms with van der Waals surface area (Å²) in [6.07, 6.45) is 9.33. The summed E-state index contributed by atoms with van der Waals surface area (Å²) in [5.41, 5.74) is 3.44. The molecule has 44 heavy (non-hydrogen) atoms. The van der Waals surface area contributed by atoms with Crippen molar-refractivity contribution < 1.29 is 29.0 Å². The molecule has 10 heteroatoms. The Hall–Kier alpha value is -3.11. The summed E-state index contributed by atoms with van der Waals surface area (Å²) in [5.74, 6) is 0.246. The normalized spacial score (nSPS) is 27.1. The van der Waals surface area contributed by atoms with Crippen LogP contribution in [0, 0.1) is 11.8 Å². The number of methoxy groups -OCH3 is 1. The van der Waals surface area contributed by atoms with Gasteiger partial charge in [-0.2, -0.15) is 0 Å². The second-order valence-electron chi connectivity index (χ2n) is 12.2. The highest BCUT2D eigenvalue weighted by atomic mass is 35.5. The molecule has 9 nitrogen and oxygen atoms in total. The minimum Gasteiger partial charge on any atom is -0.487 e. The molecule has 5 rings (SSSR count). The van der Waals surface area contributed by atoms with Gasteiger partial charge in [0.2, 0.25) is 5.91 Å². The van der Waals surface area contributed by atoms with E-state index in [0.29, 0.717) is 47.7 Å². The van der Waals surface area contributed by atoms with Gasteiger partial charge in [0, 0.05) is 38.8 Å². The van der Waals surface area contributed by atoms with E-state index in [0.717, 1.165) is 56.4 Å². The van der Waals surface area contributed by atoms with Crippen LogP contribution in [0.4, 0.5) is 5.69 Å². The van der Waals surface area contributed by atoms with Crippen LogP contribution in [-0.2, 0) is 37.8 Å². The monoisotopic (exact) mass is 625 g/mol. The van der Waals surface area contributed by atoms with E-state index in [9.17, 15) is 14.7 Å². The van der Waals surface area contributed by atoms with Crippen LogP contribution in [0.5, 0.6) is 5.75 Å². The number of ether oxygens (including phenoxy) is 2. The molecule has 1 unspecified atom stereocenters. The Morgan fingerprint density at radius 2 is 1.95 bits per heavy atom. The summed E-state index contributed by atoms with van der Waals surface area (Å²) in [6, 6.07) is 11.2. The fraction of sp³-hybridized carbons (Fsp3) is 0.529. The van der Waals surface area contributed by atoms with Gasteiger partial charge in [-0.25, -0.2) is 5.48 Å². The molecule has 1 saturated carbocycles. The van der Waals surface area contributed by atoms with Crippen LogP contribution in [0.1, 0.15) is 55.2 Å². The van der Waals surface area contributed by atoms with E-state index in [-0.39, 0.29) is 12.0 Å². The first-order valence-electron chi connectivity index (χ1n) is 15.5. The van der Waals surface area contributed by atoms with Crippen molar-refractivity contribution in [1.29, 1.82) is 0 Å². The summed E-state index contributed by atoms with van der Waals surface area (Å²) >= 11 is 6.34. The number of rotatable bonds is 3. The number of halogens is 1. The molecule has 4 atom stereocenters. The maximum atomic E-state index is 13.4. The van der Waals surface area contributed by atoms with Crippen molar-refractivity contribution in [3.63, 3.8) is 0 Å². The molecule has 0 aromatic heterocycles. The Balaban J connectivity index is 1.60. The third-order valence-electron chi connectivity index (χ3n) is 9.44. The molecular weight excluding hydrogens is 582 g/mol. The van der Waals surface area contributed by atoms with Crippen LogP contribution in [0.3, 0.4) is 0 Å². The van der Waals surface area contributed by atoms with E-state index >= 15 is 0 Å². The van der Waals surface area contributed by atoms with Crippen LogP contribution < -0.4 is 15.1 Å². The number of aliphatic hydroxyl groups is 1. The van der Waals surface area contributed by atoms with Crippen LogP contribution in [0.25, 0.3) is 0 Å². The zero-order valence-corrected chi connectivity index (χ0v) is 26.6. The Morgan fingerprint density at radius 3 is 2.70 bits per heavy atom. The van der Waals surface area contributed by atoms with E-state index < -0.39 is 17.9 Å². The average molecular weight is 626 g/mol. The Bertz CT molecular complexity index is 1370. The van der Waals surface area contributed by atoms with E-state index in [4.69, 9.17) is 25.9 Å². The first-order chi connectivity index (χ1) is 21.2. The van der Waals surface area contributed by atoms with Gasteiger partial charge in [0.15, 0.2) is 5.60 Å². The predicted octanol–water partition coefficient (Wildman–Crippen LogP) is 4.78. The van der Waals surface area contributed by atoms with Crippen molar-refractivity contribution in [1.82, 2.24) is 10.4 Å². The van der Waals surface area contributed by atoms with Crippen LogP contribution >= 0.6 is 11.6 Å². The molecule has 0 saturated heterocycles. The first kappa shape index (κ1) is 32.3. The quantitative estimate of drug-likeness (QED) is 0.374. The lowest BCUT2D eigenvalue weighted by Crippen LogP contribution is -2.48. The number of carbonyl (C=O) groups is 2. The molecule has 2 amide bonds. The number of carbonyl (C=O) groups excluding carboxylic acids is 2. The standard InChI is InChI=1S/C34H44ClN3O6/c1-37-16-6-5-9-30(42-2)28-14-11-24(28)21-38-17-7-4-8-23-18-27(35)13-10-25(23)22-44-31-15-12-26(19-29(31)38)34(41,20-32(37)39)33(40)36-43-3/h5,9-10,12-13,15,18-19,24,28,30,41H,4,6-8,11,14,16-17,20-22H2,1-3H3,(H,36,40)/b9-5+/t24-,28+,30-,34?/m0/s1. The number of nitrogens with one attached hydrogen (secondary N) is 1. The zero-order valence-electron chi connectivity index (χ0n) is 25.9. The van der Waals surface area contributed by atoms with E-state index in [1.165, 1.54) is 12.7 Å². The third-order valence-corrected chi connectivity index (χ3v) is 9.67. The summed E-state index contributed by atoms with van der Waals surface area (Å²) in [6.45, 7) is 2.34. The molecule has 238 valence electrons. The fourth-order valence-electron chi connectivity index (χ4n) is 6.60. The number of aryl methyl sites for hydroxylation is 1. The van der Waals surface area contributed by atoms with E-state index in [1.54, 1.807) is 31.2 Å². The maximum Gasteiger partial charge on any atom is 0.280 e. The van der Waals surface area contributed by atoms with Gasteiger partial charge in [-0.05, 0) is 91.3 Å². The average Bonchev–Trinajstić information content (AvgIpc) is 3.03.